The third-order valence-electron chi connectivity index (χ3n) is 2.22. The molecule has 1 heterocycles. The van der Waals surface area contributed by atoms with Crippen molar-refractivity contribution in [3.63, 3.8) is 0 Å². The lowest BCUT2D eigenvalue weighted by Crippen LogP contribution is -2.19. The van der Waals surface area contributed by atoms with Gasteiger partial charge in [0.1, 0.15) is 0 Å². The smallest absolute Gasteiger partial charge is 0.203 e. The number of nitrogens with zero attached hydrogens (tertiary/aromatic N) is 2. The van der Waals surface area contributed by atoms with Gasteiger partial charge in [0.2, 0.25) is 5.95 Å². The molecular formula is C11H21N3OS. The topological polar surface area (TPSA) is 46.9 Å². The highest BCUT2D eigenvalue weighted by Gasteiger charge is 2.13. The molecule has 0 spiro atoms. The summed E-state index contributed by atoms with van der Waals surface area (Å²) in [6.45, 7) is 8.19. The van der Waals surface area contributed by atoms with E-state index in [1.807, 2.05) is 13.1 Å². The first-order chi connectivity index (χ1) is 7.40. The molecule has 1 aromatic heterocycles. The van der Waals surface area contributed by atoms with E-state index in [-0.39, 0.29) is 6.04 Å². The lowest BCUT2D eigenvalue weighted by Gasteiger charge is -2.17. The minimum absolute atomic E-state index is 0.202. The third-order valence-corrected chi connectivity index (χ3v) is 3.17. The van der Waals surface area contributed by atoms with E-state index < -0.39 is 10.8 Å². The van der Waals surface area contributed by atoms with Crippen molar-refractivity contribution < 1.29 is 4.21 Å². The van der Waals surface area contributed by atoms with Crippen molar-refractivity contribution in [2.45, 2.75) is 39.8 Å². The molecule has 0 radical (unpaired) electrons. The van der Waals surface area contributed by atoms with E-state index in [0.717, 1.165) is 11.6 Å². The van der Waals surface area contributed by atoms with Crippen molar-refractivity contribution in [3.05, 3.63) is 11.9 Å². The molecule has 4 nitrogen and oxygen atoms in total. The van der Waals surface area contributed by atoms with E-state index in [1.54, 1.807) is 6.26 Å². The number of aromatic nitrogens is 2. The first-order valence-electron chi connectivity index (χ1n) is 5.52. The molecule has 92 valence electrons. The van der Waals surface area contributed by atoms with Gasteiger partial charge in [0.25, 0.3) is 0 Å². The van der Waals surface area contributed by atoms with Gasteiger partial charge in [-0.25, -0.2) is 4.98 Å². The summed E-state index contributed by atoms with van der Waals surface area (Å²) in [5.74, 6) is 1.52. The average molecular weight is 243 g/mol. The number of hydrogen-bond donors (Lipinski definition) is 1. The first kappa shape index (κ1) is 13.2. The molecule has 1 N–H and O–H groups in total. The van der Waals surface area contributed by atoms with E-state index in [0.29, 0.717) is 11.8 Å². The Morgan fingerprint density at radius 3 is 2.62 bits per heavy atom. The summed E-state index contributed by atoms with van der Waals surface area (Å²) in [4.78, 5) is 4.43. The van der Waals surface area contributed by atoms with E-state index >= 15 is 0 Å². The van der Waals surface area contributed by atoms with E-state index in [2.05, 4.69) is 35.6 Å². The van der Waals surface area contributed by atoms with Crippen LogP contribution in [0.4, 0.5) is 5.95 Å². The molecule has 2 unspecified atom stereocenters. The van der Waals surface area contributed by atoms with Crippen LogP contribution in [0.1, 0.15) is 32.5 Å². The van der Waals surface area contributed by atoms with Crippen molar-refractivity contribution >= 4 is 16.7 Å². The first-order valence-corrected chi connectivity index (χ1v) is 7.25. The van der Waals surface area contributed by atoms with E-state index in [9.17, 15) is 4.21 Å². The Morgan fingerprint density at radius 2 is 2.12 bits per heavy atom. The molecule has 0 aromatic carbocycles. The summed E-state index contributed by atoms with van der Waals surface area (Å²) in [5, 5.41) is 3.30. The summed E-state index contributed by atoms with van der Waals surface area (Å²) >= 11 is 0. The van der Waals surface area contributed by atoms with Gasteiger partial charge in [0.15, 0.2) is 0 Å². The second kappa shape index (κ2) is 5.48. The van der Waals surface area contributed by atoms with Crippen LogP contribution in [0.3, 0.4) is 0 Å². The number of nitrogens with one attached hydrogen (secondary N) is 1. The highest BCUT2D eigenvalue weighted by atomic mass is 32.2. The standard InChI is InChI=1S/C11H21N3OS/c1-8(2)12-11-13-9(3)6-14(11)10(4)7-16(5)15/h6,8,10H,7H2,1-5H3,(H,12,13). The minimum Gasteiger partial charge on any atom is -0.353 e. The molecule has 16 heavy (non-hydrogen) atoms. The molecule has 1 rings (SSSR count). The molecule has 5 heteroatoms. The van der Waals surface area contributed by atoms with Crippen molar-refractivity contribution in [3.8, 4) is 0 Å². The summed E-state index contributed by atoms with van der Waals surface area (Å²) < 4.78 is 13.3. The maximum atomic E-state index is 11.2. The van der Waals surface area contributed by atoms with Crippen LogP contribution in [0, 0.1) is 6.92 Å². The molecule has 0 saturated carbocycles. The third kappa shape index (κ3) is 3.63. The van der Waals surface area contributed by atoms with Crippen molar-refractivity contribution in [1.29, 1.82) is 0 Å². The SMILES string of the molecule is Cc1cn(C(C)CS(C)=O)c(NC(C)C)n1. The zero-order chi connectivity index (χ0) is 12.3. The molecular weight excluding hydrogens is 222 g/mol. The fraction of sp³-hybridized carbons (Fsp3) is 0.727. The molecule has 2 atom stereocenters. The predicted octanol–water partition coefficient (Wildman–Crippen LogP) is 1.95. The van der Waals surface area contributed by atoms with E-state index in [1.165, 1.54) is 0 Å². The van der Waals surface area contributed by atoms with Crippen LogP contribution in [-0.4, -0.2) is 31.8 Å². The van der Waals surface area contributed by atoms with Crippen LogP contribution in [-0.2, 0) is 10.8 Å². The minimum atomic E-state index is -0.784. The molecule has 1 aromatic rings. The Labute approximate surface area is 99.9 Å². The van der Waals surface area contributed by atoms with Gasteiger partial charge in [-0.2, -0.15) is 0 Å². The maximum absolute atomic E-state index is 11.2. The lowest BCUT2D eigenvalue weighted by molar-refractivity contribution is 0.598. The maximum Gasteiger partial charge on any atom is 0.203 e. The molecule has 0 aliphatic carbocycles. The van der Waals surface area contributed by atoms with Crippen molar-refractivity contribution in [2.24, 2.45) is 0 Å². The predicted molar refractivity (Wildman–Crippen MR) is 69.4 cm³/mol. The largest absolute Gasteiger partial charge is 0.353 e. The van der Waals surface area contributed by atoms with Gasteiger partial charge >= 0.3 is 0 Å². The normalized spacial score (nSPS) is 15.1. The number of anilines is 1. The number of hydrogen-bond acceptors (Lipinski definition) is 3. The van der Waals surface area contributed by atoms with E-state index in [4.69, 9.17) is 0 Å². The average Bonchev–Trinajstić information content (AvgIpc) is 2.44. The monoisotopic (exact) mass is 243 g/mol. The number of aryl methyl sites for hydroxylation is 1. The van der Waals surface area contributed by atoms with Crippen LogP contribution in [0.2, 0.25) is 0 Å². The van der Waals surface area contributed by atoms with Gasteiger partial charge < -0.3 is 9.88 Å². The van der Waals surface area contributed by atoms with Crippen LogP contribution < -0.4 is 5.32 Å². The molecule has 0 fully saturated rings. The molecule has 0 bridgehead atoms. The molecule has 0 aliphatic rings. The number of rotatable bonds is 5. The fourth-order valence-electron chi connectivity index (χ4n) is 1.64. The Hall–Kier alpha value is -0.840. The number of imidazole rings is 1. The highest BCUT2D eigenvalue weighted by molar-refractivity contribution is 7.84. The van der Waals surface area contributed by atoms with Gasteiger partial charge in [0.05, 0.1) is 5.69 Å². The van der Waals surface area contributed by atoms with Crippen LogP contribution >= 0.6 is 0 Å². The van der Waals surface area contributed by atoms with Gasteiger partial charge in [0, 0.05) is 41.1 Å². The van der Waals surface area contributed by atoms with Crippen molar-refractivity contribution in [1.82, 2.24) is 9.55 Å². The quantitative estimate of drug-likeness (QED) is 0.860. The molecule has 0 aliphatic heterocycles. The van der Waals surface area contributed by atoms with Crippen LogP contribution in [0.5, 0.6) is 0 Å². The lowest BCUT2D eigenvalue weighted by atomic mass is 10.4. The Kier molecular flexibility index (Phi) is 4.53. The van der Waals surface area contributed by atoms with Gasteiger partial charge in [-0.3, -0.25) is 4.21 Å². The summed E-state index contributed by atoms with van der Waals surface area (Å²) in [7, 11) is -0.784. The van der Waals surface area contributed by atoms with Crippen molar-refractivity contribution in [2.75, 3.05) is 17.3 Å². The summed E-state index contributed by atoms with van der Waals surface area (Å²) in [6, 6.07) is 0.549. The summed E-state index contributed by atoms with van der Waals surface area (Å²) in [6.07, 6.45) is 3.73. The van der Waals surface area contributed by atoms with Gasteiger partial charge in [-0.1, -0.05) is 0 Å². The Bertz CT molecular complexity index is 373. The molecule has 0 amide bonds. The van der Waals surface area contributed by atoms with Crippen LogP contribution in [0.15, 0.2) is 6.20 Å². The Morgan fingerprint density at radius 1 is 1.50 bits per heavy atom. The van der Waals surface area contributed by atoms with Crippen LogP contribution in [0.25, 0.3) is 0 Å². The van der Waals surface area contributed by atoms with Gasteiger partial charge in [-0.05, 0) is 27.7 Å². The Balaban J connectivity index is 2.88. The zero-order valence-electron chi connectivity index (χ0n) is 10.7. The second-order valence-corrected chi connectivity index (χ2v) is 5.98. The molecule has 0 saturated heterocycles. The second-order valence-electron chi connectivity index (χ2n) is 4.50. The van der Waals surface area contributed by atoms with Gasteiger partial charge in [-0.15, -0.1) is 0 Å². The zero-order valence-corrected chi connectivity index (χ0v) is 11.5. The fourth-order valence-corrected chi connectivity index (χ4v) is 2.48. The summed E-state index contributed by atoms with van der Waals surface area (Å²) in [5.41, 5.74) is 0.983. The highest BCUT2D eigenvalue weighted by Crippen LogP contribution is 2.17.